The summed E-state index contributed by atoms with van der Waals surface area (Å²) in [5.41, 5.74) is 1.51. The van der Waals surface area contributed by atoms with Crippen LogP contribution in [0.4, 0.5) is 0 Å². The van der Waals surface area contributed by atoms with Crippen LogP contribution in [0.2, 0.25) is 0 Å². The number of amides is 1. The van der Waals surface area contributed by atoms with Gasteiger partial charge in [0.2, 0.25) is 10.0 Å². The Kier molecular flexibility index (Phi) is 6.18. The first kappa shape index (κ1) is 19.0. The molecule has 0 radical (unpaired) electrons. The van der Waals surface area contributed by atoms with Gasteiger partial charge in [0.25, 0.3) is 5.91 Å². The molecule has 8 nitrogen and oxygen atoms in total. The van der Waals surface area contributed by atoms with Gasteiger partial charge in [-0.1, -0.05) is 0 Å². The minimum Gasteiger partial charge on any atom is -0.497 e. The summed E-state index contributed by atoms with van der Waals surface area (Å²) >= 11 is 0. The van der Waals surface area contributed by atoms with Crippen LogP contribution in [0.15, 0.2) is 53.7 Å². The second-order valence-corrected chi connectivity index (χ2v) is 7.25. The number of rotatable bonds is 8. The lowest BCUT2D eigenvalue weighted by Crippen LogP contribution is -2.48. The highest BCUT2D eigenvalue weighted by atomic mass is 32.2. The smallest absolute Gasteiger partial charge is 0.261 e. The summed E-state index contributed by atoms with van der Waals surface area (Å²) in [4.78, 5) is 11.8. The van der Waals surface area contributed by atoms with Gasteiger partial charge in [0, 0.05) is 25.5 Å². The minimum absolute atomic E-state index is 0.0402. The molecule has 136 valence electrons. The Labute approximate surface area is 146 Å². The highest BCUT2D eigenvalue weighted by molar-refractivity contribution is 7.89. The SMILES string of the molecule is COc1ccc(S(=O)(=O)N(CCn2cccc2)[C@H](C)C(=O)NO)cc1. The average Bonchev–Trinajstić information content (AvgIpc) is 3.14. The number of carbonyl (C=O) groups is 1. The van der Waals surface area contributed by atoms with E-state index in [4.69, 9.17) is 9.94 Å². The number of ether oxygens (including phenoxy) is 1. The van der Waals surface area contributed by atoms with Crippen molar-refractivity contribution in [2.45, 2.75) is 24.4 Å². The fraction of sp³-hybridized carbons (Fsp3) is 0.312. The van der Waals surface area contributed by atoms with E-state index in [1.54, 1.807) is 17.0 Å². The van der Waals surface area contributed by atoms with Crippen molar-refractivity contribution in [3.05, 3.63) is 48.8 Å². The molecule has 2 rings (SSSR count). The van der Waals surface area contributed by atoms with Crippen molar-refractivity contribution >= 4 is 15.9 Å². The van der Waals surface area contributed by atoms with Crippen molar-refractivity contribution < 1.29 is 23.2 Å². The van der Waals surface area contributed by atoms with Crippen molar-refractivity contribution in [2.75, 3.05) is 13.7 Å². The van der Waals surface area contributed by atoms with Crippen molar-refractivity contribution in [2.24, 2.45) is 0 Å². The molecule has 0 unspecified atom stereocenters. The molecule has 1 amide bonds. The fourth-order valence-corrected chi connectivity index (χ4v) is 3.95. The molecule has 2 N–H and O–H groups in total. The van der Waals surface area contributed by atoms with Gasteiger partial charge in [0.05, 0.1) is 12.0 Å². The van der Waals surface area contributed by atoms with Gasteiger partial charge in [-0.05, 0) is 43.3 Å². The Balaban J connectivity index is 2.31. The van der Waals surface area contributed by atoms with E-state index in [1.165, 1.54) is 43.8 Å². The molecule has 0 aliphatic carbocycles. The molecule has 1 atom stereocenters. The molecule has 25 heavy (non-hydrogen) atoms. The minimum atomic E-state index is -3.94. The first-order valence-corrected chi connectivity index (χ1v) is 9.04. The predicted molar refractivity (Wildman–Crippen MR) is 90.7 cm³/mol. The molecule has 1 aromatic carbocycles. The van der Waals surface area contributed by atoms with Crippen LogP contribution in [0.5, 0.6) is 5.75 Å². The molecule has 0 saturated heterocycles. The lowest BCUT2D eigenvalue weighted by atomic mass is 10.3. The van der Waals surface area contributed by atoms with Crippen molar-refractivity contribution in [1.82, 2.24) is 14.4 Å². The Hall–Kier alpha value is -2.36. The fourth-order valence-electron chi connectivity index (χ4n) is 2.36. The van der Waals surface area contributed by atoms with Crippen LogP contribution in [0, 0.1) is 0 Å². The van der Waals surface area contributed by atoms with Crippen LogP contribution < -0.4 is 10.2 Å². The summed E-state index contributed by atoms with van der Waals surface area (Å²) in [7, 11) is -2.45. The quantitative estimate of drug-likeness (QED) is 0.537. The van der Waals surface area contributed by atoms with E-state index < -0.39 is 22.0 Å². The van der Waals surface area contributed by atoms with Crippen molar-refractivity contribution in [3.63, 3.8) is 0 Å². The van der Waals surface area contributed by atoms with Crippen LogP contribution in [0.25, 0.3) is 0 Å². The number of hydrogen-bond acceptors (Lipinski definition) is 5. The molecule has 9 heteroatoms. The van der Waals surface area contributed by atoms with E-state index in [0.717, 1.165) is 4.31 Å². The van der Waals surface area contributed by atoms with E-state index in [2.05, 4.69) is 0 Å². The highest BCUT2D eigenvalue weighted by Gasteiger charge is 2.32. The van der Waals surface area contributed by atoms with Gasteiger partial charge in [0.15, 0.2) is 0 Å². The Bertz CT molecular complexity index is 788. The van der Waals surface area contributed by atoms with Crippen molar-refractivity contribution in [3.8, 4) is 5.75 Å². The van der Waals surface area contributed by atoms with Gasteiger partial charge >= 0.3 is 0 Å². The molecule has 0 saturated carbocycles. The second-order valence-electron chi connectivity index (χ2n) is 5.36. The third-order valence-electron chi connectivity index (χ3n) is 3.83. The number of methoxy groups -OCH3 is 1. The Morgan fingerprint density at radius 2 is 1.88 bits per heavy atom. The lowest BCUT2D eigenvalue weighted by molar-refractivity contribution is -0.132. The first-order valence-electron chi connectivity index (χ1n) is 7.60. The standard InChI is InChI=1S/C16H21N3O5S/c1-13(16(20)17-21)19(12-11-18-9-3-4-10-18)25(22,23)15-7-5-14(24-2)6-8-15/h3-10,13,21H,11-12H2,1-2H3,(H,17,20)/t13-/m1/s1. The number of sulfonamides is 1. The summed E-state index contributed by atoms with van der Waals surface area (Å²) < 4.78 is 33.8. The molecule has 0 spiro atoms. The molecule has 1 heterocycles. The first-order chi connectivity index (χ1) is 11.9. The van der Waals surface area contributed by atoms with Crippen LogP contribution in [0.1, 0.15) is 6.92 Å². The van der Waals surface area contributed by atoms with Gasteiger partial charge in [-0.25, -0.2) is 13.9 Å². The molecule has 0 fully saturated rings. The maximum absolute atomic E-state index is 13.0. The monoisotopic (exact) mass is 367 g/mol. The van der Waals surface area contributed by atoms with Crippen LogP contribution in [0.3, 0.4) is 0 Å². The lowest BCUT2D eigenvalue weighted by Gasteiger charge is -2.27. The number of benzene rings is 1. The van der Waals surface area contributed by atoms with Crippen LogP contribution in [-0.4, -0.2) is 48.1 Å². The summed E-state index contributed by atoms with van der Waals surface area (Å²) in [6.45, 7) is 1.85. The number of nitrogens with zero attached hydrogens (tertiary/aromatic N) is 2. The van der Waals surface area contributed by atoms with Gasteiger partial charge in [-0.15, -0.1) is 0 Å². The van der Waals surface area contributed by atoms with E-state index in [9.17, 15) is 13.2 Å². The maximum atomic E-state index is 13.0. The van der Waals surface area contributed by atoms with E-state index >= 15 is 0 Å². The zero-order valence-electron chi connectivity index (χ0n) is 14.0. The normalized spacial score (nSPS) is 12.8. The number of aromatic nitrogens is 1. The number of hydrogen-bond donors (Lipinski definition) is 2. The maximum Gasteiger partial charge on any atom is 0.261 e. The van der Waals surface area contributed by atoms with Gasteiger partial charge in [0.1, 0.15) is 11.8 Å². The van der Waals surface area contributed by atoms with Crippen molar-refractivity contribution in [1.29, 1.82) is 0 Å². The molecule has 1 aromatic heterocycles. The zero-order valence-corrected chi connectivity index (χ0v) is 14.8. The highest BCUT2D eigenvalue weighted by Crippen LogP contribution is 2.21. The topological polar surface area (TPSA) is 101 Å². The molecular formula is C16H21N3O5S. The van der Waals surface area contributed by atoms with Crippen LogP contribution in [-0.2, 0) is 21.4 Å². The largest absolute Gasteiger partial charge is 0.497 e. The third kappa shape index (κ3) is 4.38. The molecule has 0 bridgehead atoms. The average molecular weight is 367 g/mol. The third-order valence-corrected chi connectivity index (χ3v) is 5.82. The van der Waals surface area contributed by atoms with Gasteiger partial charge < -0.3 is 9.30 Å². The van der Waals surface area contributed by atoms with E-state index in [0.29, 0.717) is 12.3 Å². The Morgan fingerprint density at radius 3 is 2.40 bits per heavy atom. The molecule has 2 aromatic rings. The van der Waals surface area contributed by atoms with E-state index in [1.807, 2.05) is 12.1 Å². The van der Waals surface area contributed by atoms with E-state index in [-0.39, 0.29) is 11.4 Å². The summed E-state index contributed by atoms with van der Waals surface area (Å²) in [6, 6.07) is 8.48. The molecule has 0 aliphatic heterocycles. The summed E-state index contributed by atoms with van der Waals surface area (Å²) in [5, 5.41) is 8.87. The van der Waals surface area contributed by atoms with Gasteiger partial charge in [-0.3, -0.25) is 10.0 Å². The predicted octanol–water partition coefficient (Wildman–Crippen LogP) is 1.08. The number of nitrogens with one attached hydrogen (secondary N) is 1. The molecular weight excluding hydrogens is 346 g/mol. The second kappa shape index (κ2) is 8.15. The van der Waals surface area contributed by atoms with Crippen LogP contribution >= 0.6 is 0 Å². The number of carbonyl (C=O) groups excluding carboxylic acids is 1. The molecule has 0 aliphatic rings. The zero-order chi connectivity index (χ0) is 18.4. The number of hydroxylamine groups is 1. The summed E-state index contributed by atoms with van der Waals surface area (Å²) in [6.07, 6.45) is 3.60. The van der Waals surface area contributed by atoms with Gasteiger partial charge in [-0.2, -0.15) is 4.31 Å². The summed E-state index contributed by atoms with van der Waals surface area (Å²) in [5.74, 6) is -0.274. The Morgan fingerprint density at radius 1 is 1.28 bits per heavy atom.